The van der Waals surface area contributed by atoms with Crippen LogP contribution in [-0.2, 0) is 14.8 Å². The van der Waals surface area contributed by atoms with Crippen molar-refractivity contribution in [3.05, 3.63) is 59.2 Å². The minimum atomic E-state index is -3.38. The molecule has 0 saturated heterocycles. The maximum atomic E-state index is 12.5. The van der Waals surface area contributed by atoms with Gasteiger partial charge in [-0.2, -0.15) is 0 Å². The molecule has 29 heavy (non-hydrogen) atoms. The predicted molar refractivity (Wildman–Crippen MR) is 114 cm³/mol. The van der Waals surface area contributed by atoms with Gasteiger partial charge in [-0.05, 0) is 61.4 Å². The molecule has 156 valence electrons. The topological polar surface area (TPSA) is 92.8 Å². The molecule has 0 spiro atoms. The van der Waals surface area contributed by atoms with Crippen molar-refractivity contribution >= 4 is 33.3 Å². The van der Waals surface area contributed by atoms with E-state index < -0.39 is 16.0 Å². The third-order valence-corrected chi connectivity index (χ3v) is 5.60. The van der Waals surface area contributed by atoms with Gasteiger partial charge in [0, 0.05) is 18.3 Å². The summed E-state index contributed by atoms with van der Waals surface area (Å²) in [6, 6.07) is 11.3. The monoisotopic (exact) mass is 418 g/mol. The van der Waals surface area contributed by atoms with E-state index in [4.69, 9.17) is 4.74 Å². The van der Waals surface area contributed by atoms with Crippen molar-refractivity contribution in [3.63, 3.8) is 0 Å². The molecule has 1 amide bonds. The number of esters is 1. The van der Waals surface area contributed by atoms with E-state index in [2.05, 4.69) is 5.32 Å². The normalized spacial score (nSPS) is 11.0. The number of rotatable bonds is 8. The molecule has 0 atom stereocenters. The van der Waals surface area contributed by atoms with Crippen molar-refractivity contribution in [2.45, 2.75) is 26.7 Å². The van der Waals surface area contributed by atoms with Crippen molar-refractivity contribution in [1.29, 1.82) is 0 Å². The SMILES string of the molecule is CCCCOC(=O)c1ccc(NC(=O)c2ccc(N(C)S(C)(=O)=O)c(C)c2)cc1. The highest BCUT2D eigenvalue weighted by Gasteiger charge is 2.16. The van der Waals surface area contributed by atoms with Crippen LogP contribution in [-0.4, -0.2) is 40.2 Å². The molecule has 8 heteroatoms. The van der Waals surface area contributed by atoms with Crippen LogP contribution in [0.3, 0.4) is 0 Å². The minimum Gasteiger partial charge on any atom is -0.462 e. The molecule has 0 heterocycles. The van der Waals surface area contributed by atoms with Crippen molar-refractivity contribution in [3.8, 4) is 0 Å². The van der Waals surface area contributed by atoms with Gasteiger partial charge in [0.1, 0.15) is 0 Å². The summed E-state index contributed by atoms with van der Waals surface area (Å²) < 4.78 is 29.7. The molecular weight excluding hydrogens is 392 g/mol. The molecule has 0 aliphatic heterocycles. The standard InChI is InChI=1S/C21H26N2O5S/c1-5-6-13-28-21(25)16-7-10-18(11-8-16)22-20(24)17-9-12-19(15(2)14-17)23(3)29(4,26)27/h7-12,14H,5-6,13H2,1-4H3,(H,22,24). The van der Waals surface area contributed by atoms with E-state index in [1.54, 1.807) is 49.4 Å². The molecule has 2 aromatic rings. The number of aryl methyl sites for hydroxylation is 1. The van der Waals surface area contributed by atoms with E-state index in [9.17, 15) is 18.0 Å². The summed E-state index contributed by atoms with van der Waals surface area (Å²) in [5.41, 5.74) is 2.53. The molecule has 7 nitrogen and oxygen atoms in total. The molecule has 0 saturated carbocycles. The van der Waals surface area contributed by atoms with Gasteiger partial charge >= 0.3 is 5.97 Å². The maximum Gasteiger partial charge on any atom is 0.338 e. The average Bonchev–Trinajstić information content (AvgIpc) is 2.67. The molecule has 0 fully saturated rings. The van der Waals surface area contributed by atoms with E-state index in [0.29, 0.717) is 34.7 Å². The fourth-order valence-corrected chi connectivity index (χ4v) is 3.18. The molecule has 0 bridgehead atoms. The van der Waals surface area contributed by atoms with Crippen LogP contribution in [0.5, 0.6) is 0 Å². The number of ether oxygens (including phenoxy) is 1. The summed E-state index contributed by atoms with van der Waals surface area (Å²) >= 11 is 0. The number of unbranched alkanes of at least 4 members (excludes halogenated alkanes) is 1. The lowest BCUT2D eigenvalue weighted by molar-refractivity contribution is 0.0499. The van der Waals surface area contributed by atoms with Crippen LogP contribution in [0.1, 0.15) is 46.0 Å². The quantitative estimate of drug-likeness (QED) is 0.522. The minimum absolute atomic E-state index is 0.333. The van der Waals surface area contributed by atoms with E-state index in [1.165, 1.54) is 11.4 Å². The number of sulfonamides is 1. The summed E-state index contributed by atoms with van der Waals surface area (Å²) in [6.45, 7) is 4.15. The van der Waals surface area contributed by atoms with E-state index in [-0.39, 0.29) is 5.91 Å². The summed E-state index contributed by atoms with van der Waals surface area (Å²) in [4.78, 5) is 24.4. The Morgan fingerprint density at radius 1 is 1.07 bits per heavy atom. The van der Waals surface area contributed by atoms with E-state index >= 15 is 0 Å². The summed E-state index contributed by atoms with van der Waals surface area (Å²) in [6.07, 6.45) is 2.89. The number of carbonyl (C=O) groups excluding carboxylic acids is 2. The van der Waals surface area contributed by atoms with Crippen molar-refractivity contribution < 1.29 is 22.7 Å². The maximum absolute atomic E-state index is 12.5. The Morgan fingerprint density at radius 3 is 2.24 bits per heavy atom. The highest BCUT2D eigenvalue weighted by atomic mass is 32.2. The Labute approximate surface area is 171 Å². The smallest absolute Gasteiger partial charge is 0.338 e. The van der Waals surface area contributed by atoms with Crippen LogP contribution >= 0.6 is 0 Å². The van der Waals surface area contributed by atoms with E-state index in [1.807, 2.05) is 6.92 Å². The Kier molecular flexibility index (Phi) is 7.39. The van der Waals surface area contributed by atoms with Crippen LogP contribution in [0.4, 0.5) is 11.4 Å². The van der Waals surface area contributed by atoms with Gasteiger partial charge in [-0.3, -0.25) is 9.10 Å². The summed E-state index contributed by atoms with van der Waals surface area (Å²) in [5.74, 6) is -0.725. The fourth-order valence-electron chi connectivity index (χ4n) is 2.61. The van der Waals surface area contributed by atoms with Gasteiger partial charge < -0.3 is 10.1 Å². The Balaban J connectivity index is 2.07. The van der Waals surface area contributed by atoms with Gasteiger partial charge in [-0.15, -0.1) is 0 Å². The third-order valence-electron chi connectivity index (χ3n) is 4.41. The van der Waals surface area contributed by atoms with Gasteiger partial charge in [-0.25, -0.2) is 13.2 Å². The second-order valence-corrected chi connectivity index (χ2v) is 8.77. The predicted octanol–water partition coefficient (Wildman–Crippen LogP) is 3.60. The number of hydrogen-bond donors (Lipinski definition) is 1. The lowest BCUT2D eigenvalue weighted by atomic mass is 10.1. The van der Waals surface area contributed by atoms with E-state index in [0.717, 1.165) is 19.1 Å². The number of amides is 1. The zero-order valence-electron chi connectivity index (χ0n) is 17.1. The highest BCUT2D eigenvalue weighted by molar-refractivity contribution is 7.92. The summed E-state index contributed by atoms with van der Waals surface area (Å²) in [5, 5.41) is 2.76. The van der Waals surface area contributed by atoms with Crippen molar-refractivity contribution in [2.75, 3.05) is 29.5 Å². The van der Waals surface area contributed by atoms with Gasteiger partial charge in [0.25, 0.3) is 5.91 Å². The first-order valence-corrected chi connectivity index (χ1v) is 11.1. The molecule has 0 unspecified atom stereocenters. The lowest BCUT2D eigenvalue weighted by Crippen LogP contribution is -2.25. The molecule has 0 radical (unpaired) electrons. The zero-order valence-corrected chi connectivity index (χ0v) is 17.9. The van der Waals surface area contributed by atoms with Gasteiger partial charge in [0.2, 0.25) is 10.0 Å². The second kappa shape index (κ2) is 9.56. The Bertz CT molecular complexity index is 985. The number of hydrogen-bond acceptors (Lipinski definition) is 5. The fraction of sp³-hybridized carbons (Fsp3) is 0.333. The summed E-state index contributed by atoms with van der Waals surface area (Å²) in [7, 11) is -1.92. The van der Waals surface area contributed by atoms with Gasteiger partial charge in [0.05, 0.1) is 24.1 Å². The Morgan fingerprint density at radius 2 is 1.69 bits per heavy atom. The number of nitrogens with zero attached hydrogens (tertiary/aromatic N) is 1. The lowest BCUT2D eigenvalue weighted by Gasteiger charge is -2.19. The first-order valence-electron chi connectivity index (χ1n) is 9.26. The van der Waals surface area contributed by atoms with Crippen LogP contribution in [0.25, 0.3) is 0 Å². The molecule has 2 aromatic carbocycles. The first kappa shape index (κ1) is 22.4. The van der Waals surface area contributed by atoms with Crippen LogP contribution in [0.15, 0.2) is 42.5 Å². The largest absolute Gasteiger partial charge is 0.462 e. The molecule has 0 aliphatic carbocycles. The second-order valence-electron chi connectivity index (χ2n) is 6.75. The molecule has 2 rings (SSSR count). The molecule has 0 aromatic heterocycles. The van der Waals surface area contributed by atoms with Crippen molar-refractivity contribution in [1.82, 2.24) is 0 Å². The first-order chi connectivity index (χ1) is 13.6. The van der Waals surface area contributed by atoms with Crippen LogP contribution in [0.2, 0.25) is 0 Å². The number of anilines is 2. The van der Waals surface area contributed by atoms with Gasteiger partial charge in [0.15, 0.2) is 0 Å². The molecular formula is C21H26N2O5S. The average molecular weight is 419 g/mol. The number of benzene rings is 2. The molecule has 1 N–H and O–H groups in total. The number of carbonyl (C=O) groups is 2. The zero-order chi connectivity index (χ0) is 21.6. The Hall–Kier alpha value is -2.87. The van der Waals surface area contributed by atoms with Crippen LogP contribution in [0, 0.1) is 6.92 Å². The van der Waals surface area contributed by atoms with Gasteiger partial charge in [-0.1, -0.05) is 13.3 Å². The van der Waals surface area contributed by atoms with Crippen LogP contribution < -0.4 is 9.62 Å². The van der Waals surface area contributed by atoms with Crippen molar-refractivity contribution in [2.24, 2.45) is 0 Å². The molecule has 0 aliphatic rings. The highest BCUT2D eigenvalue weighted by Crippen LogP contribution is 2.23. The third kappa shape index (κ3) is 6.05. The number of nitrogens with one attached hydrogen (secondary N) is 1.